The largest absolute Gasteiger partial charge is 0.496 e. The zero-order valence-electron chi connectivity index (χ0n) is 21.3. The predicted octanol–water partition coefficient (Wildman–Crippen LogP) is 3.08. The van der Waals surface area contributed by atoms with Crippen LogP contribution in [-0.4, -0.2) is 77.2 Å². The fraction of sp³-hybridized carbons (Fsp3) is 0.500. The molecule has 0 N–H and O–H groups in total. The van der Waals surface area contributed by atoms with Crippen LogP contribution in [-0.2, 0) is 20.8 Å². The van der Waals surface area contributed by atoms with Crippen LogP contribution < -0.4 is 4.74 Å². The Morgan fingerprint density at radius 2 is 1.75 bits per heavy atom. The van der Waals surface area contributed by atoms with Gasteiger partial charge in [-0.25, -0.2) is 0 Å². The molecular formula is C28H36N4O4. The highest BCUT2D eigenvalue weighted by Crippen LogP contribution is 2.41. The first-order valence-corrected chi connectivity index (χ1v) is 12.9. The summed E-state index contributed by atoms with van der Waals surface area (Å²) in [5.74, 6) is 0.528. The van der Waals surface area contributed by atoms with Crippen LogP contribution in [0, 0.1) is 5.92 Å². The number of benzene rings is 1. The van der Waals surface area contributed by atoms with E-state index >= 15 is 0 Å². The zero-order chi connectivity index (χ0) is 25.5. The molecule has 2 aliphatic heterocycles. The lowest BCUT2D eigenvalue weighted by Crippen LogP contribution is -2.55. The molecular weight excluding hydrogens is 456 g/mol. The van der Waals surface area contributed by atoms with E-state index in [1.54, 1.807) is 13.3 Å². The number of likely N-dealkylation sites (tertiary alicyclic amines) is 1. The number of piperidine rings is 1. The highest BCUT2D eigenvalue weighted by atomic mass is 16.5. The minimum Gasteiger partial charge on any atom is -0.496 e. The van der Waals surface area contributed by atoms with Crippen LogP contribution in [0.15, 0.2) is 48.7 Å². The van der Waals surface area contributed by atoms with Crippen molar-refractivity contribution in [1.82, 2.24) is 19.7 Å². The Bertz CT molecular complexity index is 1050. The normalized spacial score (nSPS) is 20.4. The van der Waals surface area contributed by atoms with Crippen molar-refractivity contribution in [2.45, 2.75) is 45.1 Å². The van der Waals surface area contributed by atoms with Crippen LogP contribution in [0.5, 0.6) is 5.75 Å². The lowest BCUT2D eigenvalue weighted by atomic mass is 9.82. The van der Waals surface area contributed by atoms with Gasteiger partial charge in [0, 0.05) is 56.6 Å². The van der Waals surface area contributed by atoms with Crippen LogP contribution in [0.25, 0.3) is 0 Å². The molecule has 2 fully saturated rings. The highest BCUT2D eigenvalue weighted by molar-refractivity contribution is 5.86. The number of piperazine rings is 1. The number of aromatic nitrogens is 1. The van der Waals surface area contributed by atoms with Crippen molar-refractivity contribution >= 4 is 17.7 Å². The van der Waals surface area contributed by atoms with E-state index in [1.807, 2.05) is 57.2 Å². The van der Waals surface area contributed by atoms with E-state index in [-0.39, 0.29) is 36.1 Å². The first-order chi connectivity index (χ1) is 17.5. The predicted molar refractivity (Wildman–Crippen MR) is 136 cm³/mol. The summed E-state index contributed by atoms with van der Waals surface area (Å²) in [5, 5.41) is 0. The molecule has 3 heterocycles. The smallest absolute Gasteiger partial charge is 0.228 e. The Morgan fingerprint density at radius 3 is 2.44 bits per heavy atom. The van der Waals surface area contributed by atoms with Crippen molar-refractivity contribution in [1.29, 1.82) is 0 Å². The highest BCUT2D eigenvalue weighted by Gasteiger charge is 2.43. The Balaban J connectivity index is 1.49. The van der Waals surface area contributed by atoms with Crippen LogP contribution in [0.4, 0.5) is 0 Å². The van der Waals surface area contributed by atoms with E-state index < -0.39 is 0 Å². The molecule has 4 rings (SSSR count). The molecule has 0 radical (unpaired) electrons. The van der Waals surface area contributed by atoms with Gasteiger partial charge < -0.3 is 19.4 Å². The molecule has 8 heteroatoms. The second-order valence-electron chi connectivity index (χ2n) is 9.48. The molecule has 1 aromatic heterocycles. The number of methoxy groups -OCH3 is 1. The second-order valence-corrected chi connectivity index (χ2v) is 9.48. The molecule has 0 spiro atoms. The summed E-state index contributed by atoms with van der Waals surface area (Å²) in [6.45, 7) is 4.71. The summed E-state index contributed by atoms with van der Waals surface area (Å²) in [5.41, 5.74) is 1.63. The van der Waals surface area contributed by atoms with Gasteiger partial charge in [-0.2, -0.15) is 0 Å². The molecule has 0 bridgehead atoms. The number of hydrogen-bond donors (Lipinski definition) is 0. The first kappa shape index (κ1) is 25.7. The van der Waals surface area contributed by atoms with Crippen LogP contribution in [0.3, 0.4) is 0 Å². The Kier molecular flexibility index (Phi) is 8.57. The molecule has 2 aromatic rings. The maximum absolute atomic E-state index is 13.9. The molecule has 2 saturated heterocycles. The van der Waals surface area contributed by atoms with Crippen molar-refractivity contribution in [3.8, 4) is 5.75 Å². The van der Waals surface area contributed by atoms with Gasteiger partial charge in [-0.15, -0.1) is 0 Å². The van der Waals surface area contributed by atoms with Crippen LogP contribution in [0.2, 0.25) is 0 Å². The third kappa shape index (κ3) is 5.69. The van der Waals surface area contributed by atoms with E-state index in [2.05, 4.69) is 11.9 Å². The van der Waals surface area contributed by atoms with Crippen molar-refractivity contribution in [2.75, 3.05) is 39.8 Å². The number of amides is 3. The minimum atomic E-state index is -0.356. The molecule has 8 nitrogen and oxygen atoms in total. The molecule has 192 valence electrons. The van der Waals surface area contributed by atoms with Gasteiger partial charge in [-0.3, -0.25) is 19.4 Å². The molecule has 3 amide bonds. The van der Waals surface area contributed by atoms with E-state index in [1.165, 1.54) is 0 Å². The number of carbonyl (C=O) groups excluding carboxylic acids is 3. The molecule has 0 saturated carbocycles. The van der Waals surface area contributed by atoms with Crippen LogP contribution in [0.1, 0.15) is 49.9 Å². The average Bonchev–Trinajstić information content (AvgIpc) is 2.92. The number of nitrogens with zero attached hydrogens (tertiary/aromatic N) is 4. The fourth-order valence-electron chi connectivity index (χ4n) is 5.28. The number of rotatable bonds is 8. The van der Waals surface area contributed by atoms with Gasteiger partial charge in [0.1, 0.15) is 5.75 Å². The van der Waals surface area contributed by atoms with Gasteiger partial charge in [-0.05, 0) is 31.0 Å². The molecule has 36 heavy (non-hydrogen) atoms. The van der Waals surface area contributed by atoms with E-state index in [0.29, 0.717) is 51.3 Å². The number of carbonyl (C=O) groups is 3. The SMILES string of the molecule is CCCCN1C(=O)CCC(C(=O)N2CCN(C(=O)Cc3ccccn3)CC2)C1c1ccccc1OC. The number of ether oxygens (including phenoxy) is 1. The fourth-order valence-corrected chi connectivity index (χ4v) is 5.28. The number of unbranched alkanes of at least 4 members (excludes halogenated alkanes) is 1. The number of para-hydroxylation sites is 1. The summed E-state index contributed by atoms with van der Waals surface area (Å²) in [6, 6.07) is 12.9. The van der Waals surface area contributed by atoms with Crippen LogP contribution >= 0.6 is 0 Å². The van der Waals surface area contributed by atoms with Gasteiger partial charge in [0.05, 0.1) is 25.5 Å². The third-order valence-corrected chi connectivity index (χ3v) is 7.24. The zero-order valence-corrected chi connectivity index (χ0v) is 21.3. The van der Waals surface area contributed by atoms with E-state index in [9.17, 15) is 14.4 Å². The molecule has 2 atom stereocenters. The summed E-state index contributed by atoms with van der Waals surface area (Å²) in [6.07, 6.45) is 4.69. The summed E-state index contributed by atoms with van der Waals surface area (Å²) >= 11 is 0. The number of hydrogen-bond acceptors (Lipinski definition) is 5. The molecule has 1 aromatic carbocycles. The molecule has 0 aliphatic carbocycles. The maximum Gasteiger partial charge on any atom is 0.228 e. The van der Waals surface area contributed by atoms with E-state index in [0.717, 1.165) is 24.1 Å². The summed E-state index contributed by atoms with van der Waals surface area (Å²) in [4.78, 5) is 49.4. The van der Waals surface area contributed by atoms with Crippen molar-refractivity contribution in [3.05, 3.63) is 59.9 Å². The summed E-state index contributed by atoms with van der Waals surface area (Å²) < 4.78 is 5.64. The standard InChI is InChI=1S/C28H36N4O4/c1-3-4-15-32-25(33)13-12-23(27(32)22-10-5-6-11-24(22)36-2)28(35)31-18-16-30(17-19-31)26(34)20-21-9-7-8-14-29-21/h5-11,14,23,27H,3-4,12-13,15-20H2,1-2H3. The Labute approximate surface area is 213 Å². The van der Waals surface area contributed by atoms with Gasteiger partial charge in [-0.1, -0.05) is 37.6 Å². The topological polar surface area (TPSA) is 83.1 Å². The second kappa shape index (κ2) is 12.0. The van der Waals surface area contributed by atoms with E-state index in [4.69, 9.17) is 4.74 Å². The Hall–Kier alpha value is -3.42. The van der Waals surface area contributed by atoms with Crippen molar-refractivity contribution < 1.29 is 19.1 Å². The maximum atomic E-state index is 13.9. The van der Waals surface area contributed by atoms with Gasteiger partial charge in [0.15, 0.2) is 0 Å². The van der Waals surface area contributed by atoms with Crippen molar-refractivity contribution in [3.63, 3.8) is 0 Å². The van der Waals surface area contributed by atoms with Gasteiger partial charge >= 0.3 is 0 Å². The Morgan fingerprint density at radius 1 is 1.03 bits per heavy atom. The van der Waals surface area contributed by atoms with Crippen molar-refractivity contribution in [2.24, 2.45) is 5.92 Å². The monoisotopic (exact) mass is 492 g/mol. The van der Waals surface area contributed by atoms with Gasteiger partial charge in [0.2, 0.25) is 17.7 Å². The molecule has 2 unspecified atom stereocenters. The molecule has 2 aliphatic rings. The third-order valence-electron chi connectivity index (χ3n) is 7.24. The summed E-state index contributed by atoms with van der Waals surface area (Å²) in [7, 11) is 1.62. The first-order valence-electron chi connectivity index (χ1n) is 12.9. The van der Waals surface area contributed by atoms with Gasteiger partial charge in [0.25, 0.3) is 0 Å². The average molecular weight is 493 g/mol. The lowest BCUT2D eigenvalue weighted by Gasteiger charge is -2.44. The number of pyridine rings is 1. The lowest BCUT2D eigenvalue weighted by molar-refractivity contribution is -0.150. The minimum absolute atomic E-state index is 0.0294. The quantitative estimate of drug-likeness (QED) is 0.566.